The van der Waals surface area contributed by atoms with Crippen LogP contribution in [0.1, 0.15) is 10.4 Å². The molecule has 0 radical (unpaired) electrons. The Hall–Kier alpha value is -2.73. The van der Waals surface area contributed by atoms with E-state index in [-0.39, 0.29) is 11.9 Å². The number of benzene rings is 1. The molecule has 1 aromatic carbocycles. The SMILES string of the molecule is O=C(O)c1cc(F)c(F)c(Nc2ccnnn2)c1S(=O)(=O)O. The lowest BCUT2D eigenvalue weighted by molar-refractivity contribution is 0.0691. The molecule has 12 heteroatoms. The summed E-state index contributed by atoms with van der Waals surface area (Å²) in [6, 6.07) is 1.27. The van der Waals surface area contributed by atoms with Crippen LogP contribution in [0.4, 0.5) is 20.3 Å². The molecule has 0 aliphatic heterocycles. The molecule has 0 saturated heterocycles. The van der Waals surface area contributed by atoms with Gasteiger partial charge >= 0.3 is 5.97 Å². The van der Waals surface area contributed by atoms with Crippen molar-refractivity contribution in [2.45, 2.75) is 4.90 Å². The van der Waals surface area contributed by atoms with Crippen LogP contribution in [0, 0.1) is 11.6 Å². The van der Waals surface area contributed by atoms with Crippen molar-refractivity contribution in [1.82, 2.24) is 15.4 Å². The van der Waals surface area contributed by atoms with Gasteiger partial charge in [-0.05, 0) is 11.3 Å². The average Bonchev–Trinajstić information content (AvgIpc) is 2.43. The molecule has 22 heavy (non-hydrogen) atoms. The van der Waals surface area contributed by atoms with Crippen LogP contribution in [0.3, 0.4) is 0 Å². The Labute approximate surface area is 121 Å². The lowest BCUT2D eigenvalue weighted by Gasteiger charge is -2.13. The Kier molecular flexibility index (Phi) is 3.97. The number of aromatic carboxylic acids is 1. The normalized spacial score (nSPS) is 11.2. The number of nitrogens with one attached hydrogen (secondary N) is 1. The van der Waals surface area contributed by atoms with Crippen LogP contribution in [-0.2, 0) is 10.1 Å². The van der Waals surface area contributed by atoms with Crippen LogP contribution in [0.5, 0.6) is 0 Å². The zero-order valence-corrected chi connectivity index (χ0v) is 11.2. The van der Waals surface area contributed by atoms with Gasteiger partial charge in [-0.1, -0.05) is 0 Å². The van der Waals surface area contributed by atoms with Gasteiger partial charge in [-0.25, -0.2) is 13.6 Å². The van der Waals surface area contributed by atoms with E-state index < -0.39 is 43.9 Å². The van der Waals surface area contributed by atoms with Gasteiger partial charge in [-0.2, -0.15) is 8.42 Å². The van der Waals surface area contributed by atoms with Crippen molar-refractivity contribution in [1.29, 1.82) is 0 Å². The van der Waals surface area contributed by atoms with Crippen LogP contribution in [0.15, 0.2) is 23.2 Å². The van der Waals surface area contributed by atoms with Crippen molar-refractivity contribution >= 4 is 27.6 Å². The molecule has 1 aromatic heterocycles. The van der Waals surface area contributed by atoms with E-state index in [4.69, 9.17) is 9.66 Å². The molecule has 9 nitrogen and oxygen atoms in total. The second kappa shape index (κ2) is 5.57. The summed E-state index contributed by atoms with van der Waals surface area (Å²) in [5.41, 5.74) is -2.26. The number of hydrogen-bond donors (Lipinski definition) is 3. The molecule has 116 valence electrons. The molecule has 0 bridgehead atoms. The van der Waals surface area contributed by atoms with E-state index in [1.165, 1.54) is 0 Å². The maximum absolute atomic E-state index is 13.9. The predicted molar refractivity (Wildman–Crippen MR) is 66.2 cm³/mol. The Morgan fingerprint density at radius 1 is 1.32 bits per heavy atom. The molecule has 2 rings (SSSR count). The monoisotopic (exact) mass is 332 g/mol. The molecule has 0 aliphatic carbocycles. The molecule has 2 aromatic rings. The molecule has 3 N–H and O–H groups in total. The number of nitrogens with zero attached hydrogens (tertiary/aromatic N) is 3. The Morgan fingerprint density at radius 2 is 2.00 bits per heavy atom. The zero-order valence-electron chi connectivity index (χ0n) is 10.4. The van der Waals surface area contributed by atoms with E-state index in [1.54, 1.807) is 0 Å². The van der Waals surface area contributed by atoms with E-state index in [1.807, 2.05) is 0 Å². The topological polar surface area (TPSA) is 142 Å². The largest absolute Gasteiger partial charge is 0.478 e. The van der Waals surface area contributed by atoms with Crippen molar-refractivity contribution in [2.24, 2.45) is 0 Å². The van der Waals surface area contributed by atoms with Gasteiger partial charge in [0, 0.05) is 6.07 Å². The maximum atomic E-state index is 13.9. The predicted octanol–water partition coefficient (Wildman–Crippen LogP) is 0.838. The fourth-order valence-electron chi connectivity index (χ4n) is 1.58. The van der Waals surface area contributed by atoms with E-state index in [0.29, 0.717) is 0 Å². The van der Waals surface area contributed by atoms with Crippen molar-refractivity contribution in [3.63, 3.8) is 0 Å². The summed E-state index contributed by atoms with van der Waals surface area (Å²) in [6.07, 6.45) is 1.11. The highest BCUT2D eigenvalue weighted by Crippen LogP contribution is 2.32. The number of aromatic nitrogens is 3. The first kappa shape index (κ1) is 15.7. The summed E-state index contributed by atoms with van der Waals surface area (Å²) in [7, 11) is -5.18. The fraction of sp³-hybridized carbons (Fsp3) is 0. The van der Waals surface area contributed by atoms with E-state index in [9.17, 15) is 22.0 Å². The van der Waals surface area contributed by atoms with Gasteiger partial charge < -0.3 is 10.4 Å². The minimum absolute atomic E-state index is 0.143. The first-order valence-electron chi connectivity index (χ1n) is 5.36. The highest BCUT2D eigenvalue weighted by molar-refractivity contribution is 7.86. The quantitative estimate of drug-likeness (QED) is 0.694. The second-order valence-electron chi connectivity index (χ2n) is 3.84. The van der Waals surface area contributed by atoms with Crippen LogP contribution in [-0.4, -0.2) is 39.5 Å². The highest BCUT2D eigenvalue weighted by Gasteiger charge is 2.30. The van der Waals surface area contributed by atoms with Crippen molar-refractivity contribution in [2.75, 3.05) is 5.32 Å². The Morgan fingerprint density at radius 3 is 2.50 bits per heavy atom. The maximum Gasteiger partial charge on any atom is 0.337 e. The van der Waals surface area contributed by atoms with Crippen molar-refractivity contribution in [3.05, 3.63) is 35.5 Å². The molecule has 0 aliphatic rings. The molecule has 0 spiro atoms. The molecular formula is C10H6F2N4O5S. The van der Waals surface area contributed by atoms with Gasteiger partial charge in [0.25, 0.3) is 10.1 Å². The van der Waals surface area contributed by atoms with E-state index in [2.05, 4.69) is 20.7 Å². The third-order valence-corrected chi connectivity index (χ3v) is 3.36. The first-order valence-corrected chi connectivity index (χ1v) is 6.80. The Bertz CT molecular complexity index is 844. The molecule has 0 amide bonds. The van der Waals surface area contributed by atoms with E-state index in [0.717, 1.165) is 12.3 Å². The summed E-state index contributed by atoms with van der Waals surface area (Å²) in [5.74, 6) is -5.47. The number of halogens is 2. The lowest BCUT2D eigenvalue weighted by atomic mass is 10.1. The minimum atomic E-state index is -5.18. The standard InChI is InChI=1S/C10H6F2N4O5S/c11-5-3-4(10(17)18)9(22(19,20)21)8(7(5)12)14-6-1-2-13-16-15-6/h1-3H,(H,17,18)(H,13,14,15)(H,19,20,21). The highest BCUT2D eigenvalue weighted by atomic mass is 32.2. The average molecular weight is 332 g/mol. The van der Waals surface area contributed by atoms with Crippen molar-refractivity contribution < 1.29 is 31.7 Å². The first-order chi connectivity index (χ1) is 10.2. The van der Waals surface area contributed by atoms with Gasteiger partial charge in [0.05, 0.1) is 11.8 Å². The number of carboxylic acid groups (broad SMARTS) is 1. The molecule has 0 saturated carbocycles. The summed E-state index contributed by atoms with van der Waals surface area (Å²) in [5, 5.41) is 20.8. The molecule has 1 heterocycles. The number of hydrogen-bond acceptors (Lipinski definition) is 7. The van der Waals surface area contributed by atoms with Crippen LogP contribution >= 0.6 is 0 Å². The van der Waals surface area contributed by atoms with Gasteiger partial charge in [0.1, 0.15) is 10.6 Å². The molecule has 0 fully saturated rings. The molecular weight excluding hydrogens is 326 g/mol. The minimum Gasteiger partial charge on any atom is -0.478 e. The number of carbonyl (C=O) groups is 1. The smallest absolute Gasteiger partial charge is 0.337 e. The van der Waals surface area contributed by atoms with Gasteiger partial charge in [0.2, 0.25) is 0 Å². The van der Waals surface area contributed by atoms with Gasteiger partial charge in [-0.15, -0.1) is 10.2 Å². The molecule has 0 atom stereocenters. The number of carboxylic acids is 1. The molecule has 0 unspecified atom stereocenters. The summed E-state index contributed by atoms with van der Waals surface area (Å²) in [6.45, 7) is 0. The summed E-state index contributed by atoms with van der Waals surface area (Å²) >= 11 is 0. The fourth-order valence-corrected chi connectivity index (χ4v) is 2.41. The van der Waals surface area contributed by atoms with Gasteiger partial charge in [-0.3, -0.25) is 4.55 Å². The van der Waals surface area contributed by atoms with Crippen molar-refractivity contribution in [3.8, 4) is 0 Å². The number of anilines is 2. The van der Waals surface area contributed by atoms with E-state index >= 15 is 0 Å². The second-order valence-corrected chi connectivity index (χ2v) is 5.19. The third-order valence-electron chi connectivity index (χ3n) is 2.42. The van der Waals surface area contributed by atoms with Gasteiger partial charge in [0.15, 0.2) is 17.5 Å². The lowest BCUT2D eigenvalue weighted by Crippen LogP contribution is -2.14. The summed E-state index contributed by atoms with van der Waals surface area (Å²) < 4.78 is 59.1. The zero-order chi connectivity index (χ0) is 16.5. The van der Waals surface area contributed by atoms with Crippen LogP contribution < -0.4 is 5.32 Å². The number of rotatable bonds is 4. The Balaban J connectivity index is 2.78. The van der Waals surface area contributed by atoms with Crippen LogP contribution in [0.2, 0.25) is 0 Å². The third kappa shape index (κ3) is 2.96. The van der Waals surface area contributed by atoms with Crippen LogP contribution in [0.25, 0.3) is 0 Å². The summed E-state index contributed by atoms with van der Waals surface area (Å²) in [4.78, 5) is 9.67.